The molecule has 176 valence electrons. The zero-order valence-electron chi connectivity index (χ0n) is 18.8. The van der Waals surface area contributed by atoms with Gasteiger partial charge in [-0.25, -0.2) is 5.43 Å². The first kappa shape index (κ1) is 25.5. The average Bonchev–Trinajstić information content (AvgIpc) is 2.81. The van der Waals surface area contributed by atoms with Gasteiger partial charge in [-0.15, -0.1) is 0 Å². The number of rotatable bonds is 8. The van der Waals surface area contributed by atoms with Crippen molar-refractivity contribution in [2.24, 2.45) is 5.10 Å². The molecule has 0 unspecified atom stereocenters. The predicted molar refractivity (Wildman–Crippen MR) is 140 cm³/mol. The van der Waals surface area contributed by atoms with Gasteiger partial charge in [0.25, 0.3) is 11.8 Å². The number of benzene rings is 3. The molecule has 0 aliphatic heterocycles. The van der Waals surface area contributed by atoms with E-state index in [1.807, 2.05) is 32.0 Å². The normalized spacial score (nSPS) is 10.7. The average molecular weight is 589 g/mol. The van der Waals surface area contributed by atoms with Crippen LogP contribution in [0.5, 0.6) is 11.5 Å². The molecule has 2 N–H and O–H groups in total. The largest absolute Gasteiger partial charge is 0.497 e. The lowest BCUT2D eigenvalue weighted by atomic mass is 10.1. The Labute approximate surface area is 214 Å². The van der Waals surface area contributed by atoms with Crippen LogP contribution in [-0.2, 0) is 4.79 Å². The number of anilines is 1. The summed E-state index contributed by atoms with van der Waals surface area (Å²) in [6.07, 6.45) is 1.50. The minimum atomic E-state index is -0.358. The molecule has 34 heavy (non-hydrogen) atoms. The summed E-state index contributed by atoms with van der Waals surface area (Å²) in [4.78, 5) is 24.6. The van der Waals surface area contributed by atoms with Gasteiger partial charge in [-0.2, -0.15) is 5.10 Å². The van der Waals surface area contributed by atoms with E-state index in [0.717, 1.165) is 16.8 Å². The highest BCUT2D eigenvalue weighted by Gasteiger charge is 2.12. The van der Waals surface area contributed by atoms with Crippen molar-refractivity contribution in [3.05, 3.63) is 85.8 Å². The third-order valence-electron chi connectivity index (χ3n) is 4.75. The number of hydrogen-bond acceptors (Lipinski definition) is 5. The smallest absolute Gasteiger partial charge is 0.271 e. The molecule has 7 nitrogen and oxygen atoms in total. The summed E-state index contributed by atoms with van der Waals surface area (Å²) in [6.45, 7) is 3.74. The molecule has 0 aromatic heterocycles. The monoisotopic (exact) mass is 587 g/mol. The number of nitrogens with zero attached hydrogens (tertiary/aromatic N) is 1. The Morgan fingerprint density at radius 2 is 1.76 bits per heavy atom. The molecule has 0 radical (unpaired) electrons. The summed E-state index contributed by atoms with van der Waals surface area (Å²) in [5.41, 5.74) is 6.42. The second kappa shape index (κ2) is 11.8. The number of hydrazone groups is 1. The van der Waals surface area contributed by atoms with Gasteiger partial charge in [-0.3, -0.25) is 9.59 Å². The number of carbonyl (C=O) groups is 2. The van der Waals surface area contributed by atoms with Crippen LogP contribution in [0.25, 0.3) is 0 Å². The number of nitrogens with one attached hydrogen (secondary N) is 2. The Hall–Kier alpha value is -3.17. The summed E-state index contributed by atoms with van der Waals surface area (Å²) in [5, 5.41) is 6.88. The first-order valence-electron chi connectivity index (χ1n) is 10.2. The Bertz CT molecular complexity index is 1220. The second-order valence-corrected chi connectivity index (χ2v) is 9.11. The van der Waals surface area contributed by atoms with Crippen LogP contribution < -0.4 is 20.2 Å². The van der Waals surface area contributed by atoms with Crippen molar-refractivity contribution in [2.75, 3.05) is 19.0 Å². The molecule has 0 fully saturated rings. The molecule has 0 atom stereocenters. The van der Waals surface area contributed by atoms with Crippen LogP contribution in [0.2, 0.25) is 0 Å². The van der Waals surface area contributed by atoms with Gasteiger partial charge < -0.3 is 14.8 Å². The summed E-state index contributed by atoms with van der Waals surface area (Å²) in [6, 6.07) is 16.2. The van der Waals surface area contributed by atoms with E-state index < -0.39 is 0 Å². The quantitative estimate of drug-likeness (QED) is 0.264. The SMILES string of the molecule is COc1cccc(C(=O)N/N=C/c2cc(Br)c(OCC(=O)Nc3cc(C)ccc3C)c(Br)c2)c1. The van der Waals surface area contributed by atoms with Crippen molar-refractivity contribution in [2.45, 2.75) is 13.8 Å². The van der Waals surface area contributed by atoms with E-state index in [4.69, 9.17) is 9.47 Å². The minimum Gasteiger partial charge on any atom is -0.497 e. The fourth-order valence-corrected chi connectivity index (χ4v) is 4.43. The van der Waals surface area contributed by atoms with Crippen LogP contribution in [0.1, 0.15) is 27.0 Å². The van der Waals surface area contributed by atoms with E-state index in [-0.39, 0.29) is 18.4 Å². The highest BCUT2D eigenvalue weighted by Crippen LogP contribution is 2.34. The van der Waals surface area contributed by atoms with Gasteiger partial charge in [0.1, 0.15) is 11.5 Å². The molecule has 2 amide bonds. The Morgan fingerprint density at radius 3 is 2.47 bits per heavy atom. The molecule has 0 saturated heterocycles. The van der Waals surface area contributed by atoms with Crippen molar-refractivity contribution in [1.29, 1.82) is 0 Å². The third kappa shape index (κ3) is 6.91. The molecule has 9 heteroatoms. The zero-order chi connectivity index (χ0) is 24.7. The summed E-state index contributed by atoms with van der Waals surface area (Å²) in [5.74, 6) is 0.443. The van der Waals surface area contributed by atoms with Crippen LogP contribution >= 0.6 is 31.9 Å². The van der Waals surface area contributed by atoms with Gasteiger partial charge in [0.15, 0.2) is 6.61 Å². The van der Waals surface area contributed by atoms with Crippen LogP contribution in [0, 0.1) is 13.8 Å². The first-order chi connectivity index (χ1) is 16.3. The lowest BCUT2D eigenvalue weighted by molar-refractivity contribution is -0.118. The van der Waals surface area contributed by atoms with Gasteiger partial charge in [-0.1, -0.05) is 18.2 Å². The lowest BCUT2D eigenvalue weighted by Gasteiger charge is -2.13. The molecule has 0 spiro atoms. The van der Waals surface area contributed by atoms with Crippen LogP contribution in [0.3, 0.4) is 0 Å². The van der Waals surface area contributed by atoms with E-state index in [2.05, 4.69) is 47.7 Å². The standard InChI is InChI=1S/C25H23Br2N3O4/c1-15-7-8-16(2)22(9-15)29-23(31)14-34-24-20(26)10-17(11-21(24)27)13-28-30-25(32)18-5-4-6-19(12-18)33-3/h4-13H,14H2,1-3H3,(H,29,31)(H,30,32)/b28-13+. The molecule has 0 aliphatic carbocycles. The summed E-state index contributed by atoms with van der Waals surface area (Å²) < 4.78 is 12.1. The maximum Gasteiger partial charge on any atom is 0.271 e. The van der Waals surface area contributed by atoms with Gasteiger partial charge in [0.2, 0.25) is 0 Å². The Morgan fingerprint density at radius 1 is 1.03 bits per heavy atom. The number of methoxy groups -OCH3 is 1. The number of hydrogen-bond donors (Lipinski definition) is 2. The molecular formula is C25H23Br2N3O4. The zero-order valence-corrected chi connectivity index (χ0v) is 22.0. The lowest BCUT2D eigenvalue weighted by Crippen LogP contribution is -2.21. The minimum absolute atomic E-state index is 0.158. The van der Waals surface area contributed by atoms with Crippen molar-refractivity contribution >= 4 is 55.6 Å². The molecule has 0 saturated carbocycles. The van der Waals surface area contributed by atoms with Crippen molar-refractivity contribution in [1.82, 2.24) is 5.43 Å². The Kier molecular flexibility index (Phi) is 8.84. The van der Waals surface area contributed by atoms with E-state index in [1.54, 1.807) is 36.4 Å². The molecular weight excluding hydrogens is 566 g/mol. The van der Waals surface area contributed by atoms with Crippen LogP contribution in [0.15, 0.2) is 68.6 Å². The molecule has 0 bridgehead atoms. The molecule has 3 aromatic carbocycles. The summed E-state index contributed by atoms with van der Waals surface area (Å²) in [7, 11) is 1.54. The van der Waals surface area contributed by atoms with E-state index in [9.17, 15) is 9.59 Å². The van der Waals surface area contributed by atoms with Crippen molar-refractivity contribution < 1.29 is 19.1 Å². The maximum absolute atomic E-state index is 12.4. The number of aryl methyl sites for hydroxylation is 2. The van der Waals surface area contributed by atoms with E-state index in [0.29, 0.717) is 31.6 Å². The Balaban J connectivity index is 1.60. The number of halogens is 2. The molecule has 3 aromatic rings. The number of ether oxygens (including phenoxy) is 2. The topological polar surface area (TPSA) is 89.0 Å². The van der Waals surface area contributed by atoms with Gasteiger partial charge >= 0.3 is 0 Å². The van der Waals surface area contributed by atoms with Gasteiger partial charge in [-0.05, 0) is 98.8 Å². The predicted octanol–water partition coefficient (Wildman–Crippen LogP) is 5.62. The molecule has 3 rings (SSSR count). The number of amides is 2. The summed E-state index contributed by atoms with van der Waals surface area (Å²) >= 11 is 6.92. The van der Waals surface area contributed by atoms with Crippen LogP contribution in [-0.4, -0.2) is 31.7 Å². The van der Waals surface area contributed by atoms with Crippen molar-refractivity contribution in [3.63, 3.8) is 0 Å². The highest BCUT2D eigenvalue weighted by atomic mass is 79.9. The maximum atomic E-state index is 12.4. The fourth-order valence-electron chi connectivity index (χ4n) is 2.98. The third-order valence-corrected chi connectivity index (χ3v) is 5.93. The second-order valence-electron chi connectivity index (χ2n) is 7.40. The first-order valence-corrected chi connectivity index (χ1v) is 11.8. The van der Waals surface area contributed by atoms with Gasteiger partial charge in [0.05, 0.1) is 22.3 Å². The molecule has 0 aliphatic rings. The highest BCUT2D eigenvalue weighted by molar-refractivity contribution is 9.11. The van der Waals surface area contributed by atoms with Crippen molar-refractivity contribution in [3.8, 4) is 11.5 Å². The number of carbonyl (C=O) groups excluding carboxylic acids is 2. The van der Waals surface area contributed by atoms with Crippen LogP contribution in [0.4, 0.5) is 5.69 Å². The fraction of sp³-hybridized carbons (Fsp3) is 0.160. The van der Waals surface area contributed by atoms with E-state index in [1.165, 1.54) is 13.3 Å². The van der Waals surface area contributed by atoms with Gasteiger partial charge in [0, 0.05) is 11.3 Å². The molecule has 0 heterocycles. The van der Waals surface area contributed by atoms with E-state index >= 15 is 0 Å².